The van der Waals surface area contributed by atoms with Gasteiger partial charge in [-0.3, -0.25) is 0 Å². The molecule has 0 aliphatic rings. The van der Waals surface area contributed by atoms with Gasteiger partial charge in [0.15, 0.2) is 0 Å². The fourth-order valence-electron chi connectivity index (χ4n) is 1.30. The summed E-state index contributed by atoms with van der Waals surface area (Å²) in [6, 6.07) is 0. The second kappa shape index (κ2) is 5.96. The molecule has 0 amide bonds. The van der Waals surface area contributed by atoms with E-state index in [0.717, 1.165) is 19.3 Å². The molecule has 2 unspecified atom stereocenters. The van der Waals surface area contributed by atoms with Gasteiger partial charge in [-0.15, -0.1) is 0 Å². The second-order valence-corrected chi connectivity index (χ2v) is 3.87. The lowest BCUT2D eigenvalue weighted by molar-refractivity contribution is -0.153. The zero-order valence-corrected chi connectivity index (χ0v) is 8.79. The normalized spacial score (nSPS) is 17.4. The zero-order chi connectivity index (χ0) is 11.2. The molecule has 0 aromatic carbocycles. The SMILES string of the molecule is CCCCCCC(C)(O)C(F)C(=O)O. The standard InChI is InChI=1S/C10H19FO3/c1-3-4-5-6-7-10(2,14)8(11)9(12)13/h8,14H,3-7H2,1-2H3,(H,12,13). The number of aliphatic carboxylic acids is 1. The summed E-state index contributed by atoms with van der Waals surface area (Å²) >= 11 is 0. The molecule has 0 aliphatic heterocycles. The Balaban J connectivity index is 3.88. The Morgan fingerprint density at radius 1 is 1.43 bits per heavy atom. The molecule has 0 rings (SSSR count). The molecule has 0 bridgehead atoms. The van der Waals surface area contributed by atoms with E-state index >= 15 is 0 Å². The molecule has 0 saturated carbocycles. The van der Waals surface area contributed by atoms with Crippen molar-refractivity contribution in [1.29, 1.82) is 0 Å². The van der Waals surface area contributed by atoms with Gasteiger partial charge in [0.25, 0.3) is 0 Å². The van der Waals surface area contributed by atoms with Crippen molar-refractivity contribution < 1.29 is 19.4 Å². The molecule has 4 heteroatoms. The largest absolute Gasteiger partial charge is 0.479 e. The summed E-state index contributed by atoms with van der Waals surface area (Å²) in [5.74, 6) is -1.59. The van der Waals surface area contributed by atoms with Crippen LogP contribution in [0.25, 0.3) is 0 Å². The summed E-state index contributed by atoms with van der Waals surface area (Å²) in [4.78, 5) is 10.3. The molecule has 0 aliphatic carbocycles. The fraction of sp³-hybridized carbons (Fsp3) is 0.900. The number of rotatable bonds is 7. The Hall–Kier alpha value is -0.640. The third-order valence-corrected chi connectivity index (χ3v) is 2.30. The van der Waals surface area contributed by atoms with Gasteiger partial charge in [0.05, 0.1) is 0 Å². The van der Waals surface area contributed by atoms with Crippen LogP contribution >= 0.6 is 0 Å². The number of aliphatic hydroxyl groups is 1. The van der Waals surface area contributed by atoms with Crippen LogP contribution in [-0.2, 0) is 4.79 Å². The molecule has 14 heavy (non-hydrogen) atoms. The first-order chi connectivity index (χ1) is 6.41. The predicted molar refractivity (Wildman–Crippen MR) is 51.9 cm³/mol. The highest BCUT2D eigenvalue weighted by Crippen LogP contribution is 2.21. The van der Waals surface area contributed by atoms with Crippen molar-refractivity contribution in [3.8, 4) is 0 Å². The van der Waals surface area contributed by atoms with Crippen LogP contribution < -0.4 is 0 Å². The lowest BCUT2D eigenvalue weighted by Crippen LogP contribution is -2.41. The van der Waals surface area contributed by atoms with Crippen molar-refractivity contribution in [2.75, 3.05) is 0 Å². The van der Waals surface area contributed by atoms with Gasteiger partial charge in [0, 0.05) is 0 Å². The van der Waals surface area contributed by atoms with Crippen LogP contribution in [0.2, 0.25) is 0 Å². The van der Waals surface area contributed by atoms with Crippen LogP contribution in [0.15, 0.2) is 0 Å². The van der Waals surface area contributed by atoms with Gasteiger partial charge in [-0.25, -0.2) is 9.18 Å². The zero-order valence-electron chi connectivity index (χ0n) is 8.79. The molecule has 0 heterocycles. The van der Waals surface area contributed by atoms with E-state index in [4.69, 9.17) is 5.11 Å². The summed E-state index contributed by atoms with van der Waals surface area (Å²) in [5.41, 5.74) is -1.74. The smallest absolute Gasteiger partial charge is 0.341 e. The number of hydrogen-bond acceptors (Lipinski definition) is 2. The number of carboxylic acid groups (broad SMARTS) is 1. The van der Waals surface area contributed by atoms with Gasteiger partial charge in [0.1, 0.15) is 5.60 Å². The number of hydrogen-bond donors (Lipinski definition) is 2. The maximum atomic E-state index is 13.0. The predicted octanol–water partition coefficient (Wildman–Crippen LogP) is 2.13. The maximum absolute atomic E-state index is 13.0. The lowest BCUT2D eigenvalue weighted by atomic mass is 9.93. The highest BCUT2D eigenvalue weighted by molar-refractivity contribution is 5.73. The van der Waals surface area contributed by atoms with Gasteiger partial charge in [-0.1, -0.05) is 32.6 Å². The van der Waals surface area contributed by atoms with E-state index in [1.165, 1.54) is 6.92 Å². The molecule has 84 valence electrons. The lowest BCUT2D eigenvalue weighted by Gasteiger charge is -2.24. The van der Waals surface area contributed by atoms with E-state index < -0.39 is 17.7 Å². The highest BCUT2D eigenvalue weighted by Gasteiger charge is 2.37. The minimum absolute atomic E-state index is 0.195. The van der Waals surface area contributed by atoms with Crippen LogP contribution in [-0.4, -0.2) is 28.0 Å². The van der Waals surface area contributed by atoms with Crippen LogP contribution in [0.1, 0.15) is 46.0 Å². The molecule has 0 aromatic rings. The molecule has 2 N–H and O–H groups in total. The molecule has 2 atom stereocenters. The van der Waals surface area contributed by atoms with Gasteiger partial charge in [0.2, 0.25) is 6.17 Å². The first-order valence-corrected chi connectivity index (χ1v) is 5.01. The Morgan fingerprint density at radius 3 is 2.43 bits per heavy atom. The van der Waals surface area contributed by atoms with E-state index in [1.807, 2.05) is 6.92 Å². The van der Waals surface area contributed by atoms with Gasteiger partial charge >= 0.3 is 5.97 Å². The number of alkyl halides is 1. The Labute approximate surface area is 83.9 Å². The second-order valence-electron chi connectivity index (χ2n) is 3.87. The minimum atomic E-state index is -2.19. The van der Waals surface area contributed by atoms with Crippen molar-refractivity contribution in [3.63, 3.8) is 0 Å². The molecule has 0 fully saturated rings. The topological polar surface area (TPSA) is 57.5 Å². The van der Waals surface area contributed by atoms with Crippen molar-refractivity contribution in [2.24, 2.45) is 0 Å². The van der Waals surface area contributed by atoms with Crippen molar-refractivity contribution in [3.05, 3.63) is 0 Å². The van der Waals surface area contributed by atoms with Crippen LogP contribution in [0.4, 0.5) is 4.39 Å². The highest BCUT2D eigenvalue weighted by atomic mass is 19.1. The number of halogens is 1. The van der Waals surface area contributed by atoms with E-state index in [0.29, 0.717) is 6.42 Å². The van der Waals surface area contributed by atoms with Crippen LogP contribution in [0, 0.1) is 0 Å². The third kappa shape index (κ3) is 4.56. The van der Waals surface area contributed by atoms with Crippen LogP contribution in [0.5, 0.6) is 0 Å². The van der Waals surface area contributed by atoms with E-state index in [-0.39, 0.29) is 6.42 Å². The quantitative estimate of drug-likeness (QED) is 0.627. The molecule has 0 radical (unpaired) electrons. The number of carboxylic acids is 1. The Morgan fingerprint density at radius 2 is 2.00 bits per heavy atom. The third-order valence-electron chi connectivity index (χ3n) is 2.30. The van der Waals surface area contributed by atoms with Crippen molar-refractivity contribution >= 4 is 5.97 Å². The molecule has 0 spiro atoms. The molecule has 0 aromatic heterocycles. The van der Waals surface area contributed by atoms with Crippen LogP contribution in [0.3, 0.4) is 0 Å². The first-order valence-electron chi connectivity index (χ1n) is 5.01. The summed E-state index contributed by atoms with van der Waals surface area (Å²) in [5, 5.41) is 17.9. The number of unbranched alkanes of at least 4 members (excludes halogenated alkanes) is 3. The van der Waals surface area contributed by atoms with Crippen molar-refractivity contribution in [2.45, 2.75) is 57.7 Å². The molecule has 3 nitrogen and oxygen atoms in total. The molecular weight excluding hydrogens is 187 g/mol. The van der Waals surface area contributed by atoms with Gasteiger partial charge < -0.3 is 10.2 Å². The molecule has 0 saturated heterocycles. The molecular formula is C10H19FO3. The van der Waals surface area contributed by atoms with Gasteiger partial charge in [-0.05, 0) is 13.3 Å². The minimum Gasteiger partial charge on any atom is -0.479 e. The fourth-order valence-corrected chi connectivity index (χ4v) is 1.30. The summed E-state index contributed by atoms with van der Waals surface area (Å²) < 4.78 is 13.0. The van der Waals surface area contributed by atoms with Gasteiger partial charge in [-0.2, -0.15) is 0 Å². The summed E-state index contributed by atoms with van der Waals surface area (Å²) in [7, 11) is 0. The Kier molecular flexibility index (Phi) is 5.69. The summed E-state index contributed by atoms with van der Waals surface area (Å²) in [6.07, 6.45) is 1.65. The van der Waals surface area contributed by atoms with E-state index in [1.54, 1.807) is 0 Å². The van der Waals surface area contributed by atoms with E-state index in [2.05, 4.69) is 0 Å². The van der Waals surface area contributed by atoms with Crippen molar-refractivity contribution in [1.82, 2.24) is 0 Å². The first kappa shape index (κ1) is 13.4. The summed E-state index contributed by atoms with van der Waals surface area (Å²) in [6.45, 7) is 3.28. The maximum Gasteiger partial charge on any atom is 0.341 e. The van der Waals surface area contributed by atoms with E-state index in [9.17, 15) is 14.3 Å². The average Bonchev–Trinajstić information content (AvgIpc) is 2.11. The average molecular weight is 206 g/mol. The monoisotopic (exact) mass is 206 g/mol. The Bertz CT molecular complexity index is 180. The number of carbonyl (C=O) groups is 1.